The highest BCUT2D eigenvalue weighted by Gasteiger charge is 2.44. The second kappa shape index (κ2) is 10.0. The first-order valence-electron chi connectivity index (χ1n) is 16.7. The molecule has 0 saturated carbocycles. The highest BCUT2D eigenvalue weighted by atomic mass is 15.1. The number of rotatable bonds is 4. The predicted molar refractivity (Wildman–Crippen MR) is 199 cm³/mol. The molecule has 0 spiro atoms. The summed E-state index contributed by atoms with van der Waals surface area (Å²) in [6.07, 6.45) is 0. The Morgan fingerprint density at radius 2 is 0.915 bits per heavy atom. The maximum absolute atomic E-state index is 2.55. The lowest BCUT2D eigenvalue weighted by Crippen LogP contribution is -2.19. The van der Waals surface area contributed by atoms with E-state index in [0.29, 0.717) is 0 Å². The molecule has 0 bridgehead atoms. The van der Waals surface area contributed by atoms with E-state index in [1.165, 1.54) is 66.4 Å². The van der Waals surface area contributed by atoms with Gasteiger partial charge in [-0.15, -0.1) is 0 Å². The van der Waals surface area contributed by atoms with Gasteiger partial charge in [0.1, 0.15) is 0 Å². The van der Waals surface area contributed by atoms with Crippen molar-refractivity contribution in [2.45, 2.75) is 38.5 Å². The lowest BCUT2D eigenvalue weighted by atomic mass is 9.76. The van der Waals surface area contributed by atoms with Crippen LogP contribution in [0.3, 0.4) is 0 Å². The third kappa shape index (κ3) is 4.02. The molecular formula is C46H37N. The molecule has 0 amide bonds. The fraction of sp³-hybridized carbons (Fsp3) is 0.130. The molecule has 0 atom stereocenters. The lowest BCUT2D eigenvalue weighted by Gasteiger charge is -2.27. The maximum atomic E-state index is 2.55. The summed E-state index contributed by atoms with van der Waals surface area (Å²) in [7, 11) is 0. The summed E-state index contributed by atoms with van der Waals surface area (Å²) in [6, 6.07) is 56.0. The molecular weight excluding hydrogens is 567 g/mol. The Balaban J connectivity index is 1.34. The largest absolute Gasteiger partial charge is 0.310 e. The van der Waals surface area contributed by atoms with Gasteiger partial charge in [-0.25, -0.2) is 0 Å². The van der Waals surface area contributed by atoms with E-state index in [1.807, 2.05) is 0 Å². The van der Waals surface area contributed by atoms with Crippen LogP contribution in [0.2, 0.25) is 0 Å². The van der Waals surface area contributed by atoms with Crippen LogP contribution in [0.4, 0.5) is 17.1 Å². The summed E-state index contributed by atoms with van der Waals surface area (Å²) >= 11 is 0. The first kappa shape index (κ1) is 27.9. The molecule has 0 saturated heterocycles. The smallest absolute Gasteiger partial charge is 0.0468 e. The van der Waals surface area contributed by atoms with Crippen LogP contribution in [-0.4, -0.2) is 0 Å². The van der Waals surface area contributed by atoms with Crippen molar-refractivity contribution in [3.63, 3.8) is 0 Å². The van der Waals surface area contributed by atoms with Gasteiger partial charge in [-0.3, -0.25) is 0 Å². The van der Waals surface area contributed by atoms with E-state index < -0.39 is 0 Å². The highest BCUT2D eigenvalue weighted by molar-refractivity contribution is 6.04. The van der Waals surface area contributed by atoms with Gasteiger partial charge >= 0.3 is 0 Å². The minimum Gasteiger partial charge on any atom is -0.310 e. The van der Waals surface area contributed by atoms with Crippen LogP contribution in [-0.2, 0) is 10.8 Å². The lowest BCUT2D eigenvalue weighted by molar-refractivity contribution is 0.639. The van der Waals surface area contributed by atoms with Crippen molar-refractivity contribution in [3.05, 3.63) is 174 Å². The van der Waals surface area contributed by atoms with E-state index in [0.717, 1.165) is 17.1 Å². The summed E-state index contributed by atoms with van der Waals surface area (Å²) in [5, 5.41) is 2.49. The van der Waals surface area contributed by atoms with Crippen LogP contribution < -0.4 is 4.90 Å². The van der Waals surface area contributed by atoms with Crippen LogP contribution in [0.1, 0.15) is 49.9 Å². The molecule has 0 aliphatic heterocycles. The summed E-state index contributed by atoms with van der Waals surface area (Å²) < 4.78 is 0. The van der Waals surface area contributed by atoms with Crippen molar-refractivity contribution in [3.8, 4) is 33.4 Å². The number of benzene rings is 7. The van der Waals surface area contributed by atoms with Crippen LogP contribution in [0.5, 0.6) is 0 Å². The molecule has 7 aromatic carbocycles. The standard InChI is InChI=1S/C46H37N/c1-45(2)38-22-14-13-21-36(38)43-40(45)29-41-44(42(43)31-16-7-5-8-17-31)37-28-35(25-26-39(37)46(41,3)4)47(33-19-9-6-10-20-33)34-24-23-30-15-11-12-18-32(30)27-34/h5-29H,1-4H3. The van der Waals surface area contributed by atoms with Crippen LogP contribution in [0, 0.1) is 0 Å². The van der Waals surface area contributed by atoms with Gasteiger partial charge in [-0.2, -0.15) is 0 Å². The van der Waals surface area contributed by atoms with Gasteiger partial charge in [0.15, 0.2) is 0 Å². The van der Waals surface area contributed by atoms with Crippen molar-refractivity contribution in [1.82, 2.24) is 0 Å². The summed E-state index contributed by atoms with van der Waals surface area (Å²) in [5.74, 6) is 0. The van der Waals surface area contributed by atoms with E-state index in [4.69, 9.17) is 0 Å². The Hall–Kier alpha value is -5.40. The number of para-hydroxylation sites is 1. The van der Waals surface area contributed by atoms with Crippen LogP contribution >= 0.6 is 0 Å². The summed E-state index contributed by atoms with van der Waals surface area (Å²) in [4.78, 5) is 2.41. The Morgan fingerprint density at radius 3 is 1.66 bits per heavy atom. The number of hydrogen-bond donors (Lipinski definition) is 0. The zero-order valence-electron chi connectivity index (χ0n) is 27.4. The van der Waals surface area contributed by atoms with Gasteiger partial charge < -0.3 is 4.90 Å². The van der Waals surface area contributed by atoms with Crippen molar-refractivity contribution < 1.29 is 0 Å². The predicted octanol–water partition coefficient (Wildman–Crippen LogP) is 12.6. The molecule has 0 heterocycles. The first-order valence-corrected chi connectivity index (χ1v) is 16.7. The Bertz CT molecular complexity index is 2340. The summed E-state index contributed by atoms with van der Waals surface area (Å²) in [5.41, 5.74) is 17.0. The van der Waals surface area contributed by atoms with Crippen LogP contribution in [0.15, 0.2) is 152 Å². The van der Waals surface area contributed by atoms with Gasteiger partial charge in [-0.05, 0) is 103 Å². The Morgan fingerprint density at radius 1 is 0.362 bits per heavy atom. The van der Waals surface area contributed by atoms with E-state index in [9.17, 15) is 0 Å². The highest BCUT2D eigenvalue weighted by Crippen LogP contribution is 2.61. The fourth-order valence-electron chi connectivity index (χ4n) is 8.42. The average Bonchev–Trinajstić information content (AvgIpc) is 3.47. The minimum atomic E-state index is -0.146. The monoisotopic (exact) mass is 603 g/mol. The minimum absolute atomic E-state index is 0.0826. The molecule has 226 valence electrons. The molecule has 0 aromatic heterocycles. The Kier molecular flexibility index (Phi) is 5.96. The van der Waals surface area contributed by atoms with E-state index in [1.54, 1.807) is 0 Å². The number of nitrogens with zero attached hydrogens (tertiary/aromatic N) is 1. The van der Waals surface area contributed by atoms with Gasteiger partial charge in [-0.1, -0.05) is 143 Å². The quantitative estimate of drug-likeness (QED) is 0.193. The fourth-order valence-corrected chi connectivity index (χ4v) is 8.42. The average molecular weight is 604 g/mol. The zero-order chi connectivity index (χ0) is 31.9. The van der Waals surface area contributed by atoms with Gasteiger partial charge in [0.05, 0.1) is 0 Å². The van der Waals surface area contributed by atoms with Gasteiger partial charge in [0.25, 0.3) is 0 Å². The molecule has 0 radical (unpaired) electrons. The van der Waals surface area contributed by atoms with Crippen LogP contribution in [0.25, 0.3) is 44.2 Å². The zero-order valence-corrected chi connectivity index (χ0v) is 27.4. The van der Waals surface area contributed by atoms with E-state index in [2.05, 4.69) is 184 Å². The molecule has 0 N–H and O–H groups in total. The van der Waals surface area contributed by atoms with Crippen molar-refractivity contribution in [2.75, 3.05) is 4.90 Å². The first-order chi connectivity index (χ1) is 22.8. The topological polar surface area (TPSA) is 3.24 Å². The molecule has 1 nitrogen and oxygen atoms in total. The number of hydrogen-bond acceptors (Lipinski definition) is 1. The van der Waals surface area contributed by atoms with Crippen molar-refractivity contribution >= 4 is 27.8 Å². The molecule has 0 fully saturated rings. The molecule has 2 aliphatic rings. The van der Waals surface area contributed by atoms with Gasteiger partial charge in [0.2, 0.25) is 0 Å². The van der Waals surface area contributed by atoms with Gasteiger partial charge in [0, 0.05) is 27.9 Å². The SMILES string of the molecule is CC1(C)c2ccccc2-c2c1cc1c(c2-c2ccccc2)-c2cc(N(c3ccccc3)c3ccc4ccccc4c3)ccc2C1(C)C. The van der Waals surface area contributed by atoms with Crippen molar-refractivity contribution in [2.24, 2.45) is 0 Å². The number of fused-ring (bicyclic) bond motifs is 7. The molecule has 0 unspecified atom stereocenters. The second-order valence-corrected chi connectivity index (χ2v) is 14.2. The van der Waals surface area contributed by atoms with Crippen molar-refractivity contribution in [1.29, 1.82) is 0 Å². The molecule has 7 aromatic rings. The normalized spacial score (nSPS) is 14.7. The maximum Gasteiger partial charge on any atom is 0.0468 e. The molecule has 1 heteroatoms. The van der Waals surface area contributed by atoms with E-state index in [-0.39, 0.29) is 10.8 Å². The van der Waals surface area contributed by atoms with E-state index >= 15 is 0 Å². The molecule has 9 rings (SSSR count). The molecule has 2 aliphatic carbocycles. The number of anilines is 3. The third-order valence-corrected chi connectivity index (χ3v) is 10.8. The Labute approximate surface area is 277 Å². The second-order valence-electron chi connectivity index (χ2n) is 14.2. The molecule has 47 heavy (non-hydrogen) atoms. The third-order valence-electron chi connectivity index (χ3n) is 10.8. The summed E-state index contributed by atoms with van der Waals surface area (Å²) in [6.45, 7) is 9.61.